The lowest BCUT2D eigenvalue weighted by molar-refractivity contribution is -0.140. The van der Waals surface area contributed by atoms with Crippen LogP contribution in [0.25, 0.3) is 0 Å². The lowest BCUT2D eigenvalue weighted by Crippen LogP contribution is -2.17. The Morgan fingerprint density at radius 2 is 1.68 bits per heavy atom. The molecule has 0 amide bonds. The van der Waals surface area contributed by atoms with Gasteiger partial charge in [0.05, 0.1) is 0 Å². The molecule has 0 radical (unpaired) electrons. The number of hydrogen-bond donors (Lipinski definition) is 2. The van der Waals surface area contributed by atoms with Gasteiger partial charge >= 0.3 is 6.18 Å². The molecule has 0 atom stereocenters. The van der Waals surface area contributed by atoms with Crippen LogP contribution in [-0.4, -0.2) is 11.4 Å². The average Bonchev–Trinajstić information content (AvgIpc) is 2.61. The first-order valence-electron chi connectivity index (χ1n) is 8.84. The van der Waals surface area contributed by atoms with Gasteiger partial charge in [0.1, 0.15) is 30.0 Å². The quantitative estimate of drug-likeness (QED) is 0.641. The Labute approximate surface area is 162 Å². The van der Waals surface area contributed by atoms with Gasteiger partial charge < -0.3 is 20.4 Å². The number of phenolic OH excluding ortho intramolecular Hbond substituents is 1. The van der Waals surface area contributed by atoms with E-state index in [4.69, 9.17) is 10.5 Å². The molecule has 0 aliphatic rings. The highest BCUT2D eigenvalue weighted by atomic mass is 19.4. The predicted molar refractivity (Wildman–Crippen MR) is 99.9 cm³/mol. The number of ether oxygens (including phenoxy) is 1. The van der Waals surface area contributed by atoms with Crippen molar-refractivity contribution in [3.05, 3.63) is 58.7 Å². The average molecular weight is 395 g/mol. The summed E-state index contributed by atoms with van der Waals surface area (Å²) in [7, 11) is 0. The van der Waals surface area contributed by atoms with Crippen molar-refractivity contribution in [3.8, 4) is 11.5 Å². The van der Waals surface area contributed by atoms with Crippen LogP contribution in [0.5, 0.6) is 11.5 Å². The van der Waals surface area contributed by atoms with Crippen LogP contribution in [0.2, 0.25) is 0 Å². The number of phenols is 1. The summed E-state index contributed by atoms with van der Waals surface area (Å²) in [6.45, 7) is 3.80. The van der Waals surface area contributed by atoms with E-state index in [-0.39, 0.29) is 25.0 Å². The highest BCUT2D eigenvalue weighted by Crippen LogP contribution is 2.45. The van der Waals surface area contributed by atoms with Crippen molar-refractivity contribution in [1.29, 1.82) is 0 Å². The number of carbonyl (C=O) groups excluding carboxylic acids is 1. The molecular weight excluding hydrogens is 371 g/mol. The lowest BCUT2D eigenvalue weighted by atomic mass is 9.82. The number of benzene rings is 2. The molecule has 0 unspecified atom stereocenters. The van der Waals surface area contributed by atoms with E-state index in [1.54, 1.807) is 38.1 Å². The minimum absolute atomic E-state index is 0.0800. The SMILES string of the molecule is CC(C)(CC=O)Cc1ccc(OCc2ccc(CN)cc2)c(C(F)(F)F)c1O. The van der Waals surface area contributed by atoms with E-state index in [9.17, 15) is 23.1 Å². The van der Waals surface area contributed by atoms with Crippen LogP contribution >= 0.6 is 0 Å². The maximum Gasteiger partial charge on any atom is 0.423 e. The molecule has 0 aliphatic carbocycles. The summed E-state index contributed by atoms with van der Waals surface area (Å²) >= 11 is 0. The molecule has 152 valence electrons. The zero-order valence-electron chi connectivity index (χ0n) is 15.8. The minimum atomic E-state index is -4.78. The fourth-order valence-electron chi connectivity index (χ4n) is 2.90. The Morgan fingerprint density at radius 3 is 2.21 bits per heavy atom. The van der Waals surface area contributed by atoms with E-state index < -0.39 is 28.7 Å². The Morgan fingerprint density at radius 1 is 1.07 bits per heavy atom. The Bertz CT molecular complexity index is 815. The van der Waals surface area contributed by atoms with Gasteiger partial charge in [-0.2, -0.15) is 13.2 Å². The monoisotopic (exact) mass is 395 g/mol. The Hall–Kier alpha value is -2.54. The van der Waals surface area contributed by atoms with Gasteiger partial charge in [-0.1, -0.05) is 44.2 Å². The van der Waals surface area contributed by atoms with Gasteiger partial charge in [-0.25, -0.2) is 0 Å². The molecule has 0 aromatic heterocycles. The molecule has 0 spiro atoms. The van der Waals surface area contributed by atoms with Crippen molar-refractivity contribution in [2.24, 2.45) is 11.1 Å². The molecule has 2 aromatic rings. The molecular formula is C21H24F3NO3. The second-order valence-electron chi connectivity index (χ2n) is 7.47. The van der Waals surface area contributed by atoms with Crippen molar-refractivity contribution in [3.63, 3.8) is 0 Å². The summed E-state index contributed by atoms with van der Waals surface area (Å²) < 4.78 is 46.1. The summed E-state index contributed by atoms with van der Waals surface area (Å²) in [5.74, 6) is -1.30. The first-order chi connectivity index (χ1) is 13.1. The molecule has 7 heteroatoms. The maximum atomic E-state index is 13.6. The van der Waals surface area contributed by atoms with Crippen LogP contribution in [-0.2, 0) is 30.5 Å². The fraction of sp³-hybridized carbons (Fsp3) is 0.381. The number of hydrogen-bond acceptors (Lipinski definition) is 4. The standard InChI is InChI=1S/C21H24F3NO3/c1-20(2,9-10-26)11-16-7-8-17(18(19(16)27)21(22,23)24)28-13-15-5-3-14(12-25)4-6-15/h3-8,10,27H,9,11-13,25H2,1-2H3. The molecule has 0 heterocycles. The number of nitrogens with two attached hydrogens (primary N) is 1. The third-order valence-electron chi connectivity index (χ3n) is 4.46. The van der Waals surface area contributed by atoms with E-state index in [1.165, 1.54) is 12.1 Å². The van der Waals surface area contributed by atoms with Crippen molar-refractivity contribution >= 4 is 6.29 Å². The topological polar surface area (TPSA) is 72.5 Å². The lowest BCUT2D eigenvalue weighted by Gasteiger charge is -2.24. The highest BCUT2D eigenvalue weighted by molar-refractivity contribution is 5.53. The van der Waals surface area contributed by atoms with Crippen molar-refractivity contribution in [2.45, 2.75) is 46.0 Å². The largest absolute Gasteiger partial charge is 0.507 e. The highest BCUT2D eigenvalue weighted by Gasteiger charge is 2.39. The molecule has 0 saturated heterocycles. The van der Waals surface area contributed by atoms with Crippen LogP contribution in [0.15, 0.2) is 36.4 Å². The van der Waals surface area contributed by atoms with Crippen LogP contribution in [0.1, 0.15) is 42.5 Å². The molecule has 3 N–H and O–H groups in total. The van der Waals surface area contributed by atoms with E-state index in [0.717, 1.165) is 11.8 Å². The number of alkyl halides is 3. The summed E-state index contributed by atoms with van der Waals surface area (Å²) in [5, 5.41) is 10.3. The number of halogens is 3. The zero-order chi connectivity index (χ0) is 20.9. The number of rotatable bonds is 8. The number of aromatic hydroxyl groups is 1. The van der Waals surface area contributed by atoms with Gasteiger partial charge in [-0.3, -0.25) is 0 Å². The van der Waals surface area contributed by atoms with Crippen LogP contribution in [0.3, 0.4) is 0 Å². The van der Waals surface area contributed by atoms with Crippen LogP contribution in [0, 0.1) is 5.41 Å². The third-order valence-corrected chi connectivity index (χ3v) is 4.46. The van der Waals surface area contributed by atoms with Gasteiger partial charge in [-0.05, 0) is 34.6 Å². The van der Waals surface area contributed by atoms with Crippen molar-refractivity contribution in [2.75, 3.05) is 0 Å². The predicted octanol–water partition coefficient (Wildman–Crippen LogP) is 4.61. The van der Waals surface area contributed by atoms with Crippen molar-refractivity contribution < 1.29 is 27.8 Å². The smallest absolute Gasteiger partial charge is 0.423 e. The van der Waals surface area contributed by atoms with Gasteiger partial charge in [0.2, 0.25) is 0 Å². The minimum Gasteiger partial charge on any atom is -0.507 e. The third kappa shape index (κ3) is 5.48. The van der Waals surface area contributed by atoms with E-state index in [2.05, 4.69) is 0 Å². The van der Waals surface area contributed by atoms with E-state index >= 15 is 0 Å². The number of carbonyl (C=O) groups is 1. The van der Waals surface area contributed by atoms with Crippen molar-refractivity contribution in [1.82, 2.24) is 0 Å². The van der Waals surface area contributed by atoms with Gasteiger partial charge in [0.15, 0.2) is 0 Å². The summed E-state index contributed by atoms with van der Waals surface area (Å²) in [4.78, 5) is 10.8. The van der Waals surface area contributed by atoms with E-state index in [1.807, 2.05) is 0 Å². The number of aldehydes is 1. The van der Waals surface area contributed by atoms with Crippen LogP contribution in [0.4, 0.5) is 13.2 Å². The molecule has 0 aliphatic heterocycles. The molecule has 2 aromatic carbocycles. The Balaban J connectivity index is 2.30. The normalized spacial score (nSPS) is 12.1. The fourth-order valence-corrected chi connectivity index (χ4v) is 2.90. The van der Waals surface area contributed by atoms with E-state index in [0.29, 0.717) is 12.1 Å². The molecule has 4 nitrogen and oxygen atoms in total. The summed E-state index contributed by atoms with van der Waals surface area (Å²) in [6.07, 6.45) is -3.77. The molecule has 28 heavy (non-hydrogen) atoms. The zero-order valence-corrected chi connectivity index (χ0v) is 15.8. The summed E-state index contributed by atoms with van der Waals surface area (Å²) in [6, 6.07) is 9.63. The first-order valence-corrected chi connectivity index (χ1v) is 8.84. The van der Waals surface area contributed by atoms with Gasteiger partial charge in [0.25, 0.3) is 0 Å². The molecule has 0 bridgehead atoms. The first kappa shape index (κ1) is 21.8. The second-order valence-corrected chi connectivity index (χ2v) is 7.47. The van der Waals surface area contributed by atoms with Crippen LogP contribution < -0.4 is 10.5 Å². The second kappa shape index (κ2) is 8.65. The molecule has 0 fully saturated rings. The Kier molecular flexibility index (Phi) is 6.72. The molecule has 0 saturated carbocycles. The molecule has 2 rings (SSSR count). The maximum absolute atomic E-state index is 13.6. The van der Waals surface area contributed by atoms with Gasteiger partial charge in [-0.15, -0.1) is 0 Å². The van der Waals surface area contributed by atoms with Gasteiger partial charge in [0, 0.05) is 13.0 Å². The summed E-state index contributed by atoms with van der Waals surface area (Å²) in [5.41, 5.74) is 5.45.